The van der Waals surface area contributed by atoms with Gasteiger partial charge in [0.2, 0.25) is 11.8 Å². The summed E-state index contributed by atoms with van der Waals surface area (Å²) in [4.78, 5) is 57.0. The molecule has 4 amide bonds. The molecule has 0 spiro atoms. The van der Waals surface area contributed by atoms with Gasteiger partial charge in [-0.05, 0) is 48.6 Å². The van der Waals surface area contributed by atoms with Gasteiger partial charge in [-0.3, -0.25) is 24.4 Å². The second-order valence-corrected chi connectivity index (χ2v) is 11.9. The molecule has 3 aromatic rings. The largest absolute Gasteiger partial charge is 0.508 e. The Morgan fingerprint density at radius 1 is 0.907 bits per heavy atom. The molecule has 3 fully saturated rings. The minimum Gasteiger partial charge on any atom is -0.508 e. The Bertz CT molecular complexity index is 1740. The highest BCUT2D eigenvalue weighted by atomic mass is 35.5. The Hall–Kier alpha value is -4.47. The van der Waals surface area contributed by atoms with Crippen LogP contribution in [0.25, 0.3) is 0 Å². The van der Waals surface area contributed by atoms with Gasteiger partial charge in [-0.1, -0.05) is 65.7 Å². The van der Waals surface area contributed by atoms with Gasteiger partial charge < -0.3 is 9.84 Å². The van der Waals surface area contributed by atoms with Crippen molar-refractivity contribution in [2.45, 2.75) is 24.2 Å². The topological polar surface area (TPSA) is 124 Å². The fraction of sp³-hybridized carbons (Fsp3) is 0.273. The summed E-state index contributed by atoms with van der Waals surface area (Å²) in [5.74, 6) is -6.04. The van der Waals surface area contributed by atoms with Crippen molar-refractivity contribution in [3.05, 3.63) is 101 Å². The predicted molar refractivity (Wildman–Crippen MR) is 154 cm³/mol. The van der Waals surface area contributed by atoms with Crippen molar-refractivity contribution in [1.29, 1.82) is 0 Å². The maximum atomic E-state index is 15.1. The number of hydrogen-bond acceptors (Lipinski definition) is 7. The van der Waals surface area contributed by atoms with E-state index in [9.17, 15) is 24.7 Å². The number of methoxy groups -OCH3 is 1. The van der Waals surface area contributed by atoms with E-state index in [1.54, 1.807) is 30.3 Å². The number of ether oxygens (including phenoxy) is 1. The maximum Gasteiger partial charge on any atom is 0.257 e. The lowest BCUT2D eigenvalue weighted by atomic mass is 9.49. The highest BCUT2D eigenvalue weighted by Crippen LogP contribution is 2.65. The number of benzene rings is 3. The molecule has 7 rings (SSSR count). The first-order valence-electron chi connectivity index (χ1n) is 14.0. The van der Waals surface area contributed by atoms with Crippen LogP contribution in [0.3, 0.4) is 0 Å². The van der Waals surface area contributed by atoms with E-state index in [0.717, 1.165) is 5.57 Å². The molecule has 6 unspecified atom stereocenters. The number of fused-ring (bicyclic) bond motifs is 4. The van der Waals surface area contributed by atoms with Gasteiger partial charge in [0.1, 0.15) is 11.5 Å². The summed E-state index contributed by atoms with van der Waals surface area (Å²) in [6, 6.07) is 20.3. The molecule has 1 saturated carbocycles. The van der Waals surface area contributed by atoms with Gasteiger partial charge in [-0.25, -0.2) is 4.90 Å². The molecule has 2 aliphatic heterocycles. The normalized spacial score (nSPS) is 29.7. The molecule has 4 aliphatic rings. The summed E-state index contributed by atoms with van der Waals surface area (Å²) in [7, 11) is 1.46. The molecule has 2 aliphatic carbocycles. The van der Waals surface area contributed by atoms with Gasteiger partial charge in [-0.2, -0.15) is 5.06 Å². The Balaban J connectivity index is 1.54. The van der Waals surface area contributed by atoms with Crippen LogP contribution in [0.15, 0.2) is 84.4 Å². The fourth-order valence-electron chi connectivity index (χ4n) is 8.01. The second kappa shape index (κ2) is 9.79. The van der Waals surface area contributed by atoms with Crippen LogP contribution in [0.1, 0.15) is 29.9 Å². The molecule has 43 heavy (non-hydrogen) atoms. The highest BCUT2D eigenvalue weighted by molar-refractivity contribution is 6.32. The molecular weight excluding hydrogens is 572 g/mol. The van der Waals surface area contributed by atoms with Crippen LogP contribution in [0, 0.1) is 23.7 Å². The number of carbonyl (C=O) groups is 4. The Morgan fingerprint density at radius 3 is 2.40 bits per heavy atom. The standard InChI is InChI=1S/C33H27ClN2O7/c1-43-26-15-20(37)10-11-22(26)28-21-12-13-23-27(31(40)36(42)29(23)38)24(21)16-25-30(39)35(19-9-5-8-18(34)14-19)32(41)33(25,28)17-6-3-2-4-7-17/h2-12,14-15,23-25,27-28,37,42H,13,16H2,1H3. The van der Waals surface area contributed by atoms with Gasteiger partial charge in [-0.15, -0.1) is 0 Å². The molecule has 0 bridgehead atoms. The number of imide groups is 2. The molecule has 0 aromatic heterocycles. The number of amides is 4. The first-order chi connectivity index (χ1) is 20.7. The SMILES string of the molecule is COc1cc(O)ccc1C1C2=CCC3C(=O)N(O)C(=O)C3C2CC2C(=O)N(c3cccc(Cl)c3)C(=O)C21c1ccccc1. The first-order valence-corrected chi connectivity index (χ1v) is 14.4. The number of anilines is 1. The van der Waals surface area contributed by atoms with Crippen LogP contribution in [0.2, 0.25) is 5.02 Å². The van der Waals surface area contributed by atoms with E-state index in [2.05, 4.69) is 0 Å². The maximum absolute atomic E-state index is 15.1. The van der Waals surface area contributed by atoms with Gasteiger partial charge in [0.15, 0.2) is 0 Å². The first kappa shape index (κ1) is 27.4. The fourth-order valence-corrected chi connectivity index (χ4v) is 8.19. The van der Waals surface area contributed by atoms with Crippen molar-refractivity contribution >= 4 is 40.9 Å². The summed E-state index contributed by atoms with van der Waals surface area (Å²) < 4.78 is 5.74. The van der Waals surface area contributed by atoms with Crippen molar-refractivity contribution in [2.24, 2.45) is 23.7 Å². The van der Waals surface area contributed by atoms with Crippen molar-refractivity contribution < 1.29 is 34.2 Å². The third-order valence-corrected chi connectivity index (χ3v) is 9.91. The molecule has 9 nitrogen and oxygen atoms in total. The smallest absolute Gasteiger partial charge is 0.257 e. The van der Waals surface area contributed by atoms with Crippen molar-refractivity contribution in [3.8, 4) is 11.5 Å². The lowest BCUT2D eigenvalue weighted by Gasteiger charge is -2.50. The van der Waals surface area contributed by atoms with Crippen LogP contribution in [-0.2, 0) is 24.6 Å². The van der Waals surface area contributed by atoms with Crippen LogP contribution in [0.5, 0.6) is 11.5 Å². The number of phenolic OH excluding ortho intramolecular Hbond substituents is 1. The van der Waals surface area contributed by atoms with E-state index >= 15 is 4.79 Å². The van der Waals surface area contributed by atoms with Crippen LogP contribution in [-0.4, -0.2) is 46.1 Å². The van der Waals surface area contributed by atoms with Crippen LogP contribution >= 0.6 is 11.6 Å². The summed E-state index contributed by atoms with van der Waals surface area (Å²) in [6.07, 6.45) is 2.17. The Kier molecular flexibility index (Phi) is 6.23. The van der Waals surface area contributed by atoms with Gasteiger partial charge in [0.05, 0.1) is 36.0 Å². The molecule has 6 atom stereocenters. The summed E-state index contributed by atoms with van der Waals surface area (Å²) in [5.41, 5.74) is 0.741. The number of aromatic hydroxyl groups is 1. The third kappa shape index (κ3) is 3.68. The lowest BCUT2D eigenvalue weighted by Crippen LogP contribution is -2.53. The second-order valence-electron chi connectivity index (χ2n) is 11.5. The molecule has 3 aromatic carbocycles. The Morgan fingerprint density at radius 2 is 1.67 bits per heavy atom. The van der Waals surface area contributed by atoms with Crippen LogP contribution in [0.4, 0.5) is 5.69 Å². The minimum absolute atomic E-state index is 0.0437. The molecule has 2 saturated heterocycles. The van der Waals surface area contributed by atoms with Crippen LogP contribution < -0.4 is 9.64 Å². The molecular formula is C33H27ClN2O7. The highest BCUT2D eigenvalue weighted by Gasteiger charge is 2.70. The number of nitrogens with zero attached hydrogens (tertiary/aromatic N) is 2. The molecule has 2 N–H and O–H groups in total. The quantitative estimate of drug-likeness (QED) is 0.255. The van der Waals surface area contributed by atoms with Crippen molar-refractivity contribution in [3.63, 3.8) is 0 Å². The summed E-state index contributed by atoms with van der Waals surface area (Å²) in [5, 5.41) is 21.2. The van der Waals surface area contributed by atoms with E-state index in [1.165, 1.54) is 24.1 Å². The Labute approximate surface area is 251 Å². The van der Waals surface area contributed by atoms with Crippen molar-refractivity contribution in [2.75, 3.05) is 12.0 Å². The van der Waals surface area contributed by atoms with Gasteiger partial charge in [0, 0.05) is 22.6 Å². The molecule has 218 valence electrons. The van der Waals surface area contributed by atoms with E-state index in [0.29, 0.717) is 27.6 Å². The number of allylic oxidation sites excluding steroid dienone is 2. The zero-order chi connectivity index (χ0) is 30.2. The van der Waals surface area contributed by atoms with E-state index in [1.807, 2.05) is 36.4 Å². The summed E-state index contributed by atoms with van der Waals surface area (Å²) in [6.45, 7) is 0. The number of halogens is 1. The molecule has 2 heterocycles. The third-order valence-electron chi connectivity index (χ3n) is 9.67. The number of phenols is 1. The average Bonchev–Trinajstić information content (AvgIpc) is 3.38. The monoisotopic (exact) mass is 598 g/mol. The lowest BCUT2D eigenvalue weighted by molar-refractivity contribution is -0.173. The molecule has 10 heteroatoms. The zero-order valence-corrected chi connectivity index (χ0v) is 23.8. The van der Waals surface area contributed by atoms with E-state index in [-0.39, 0.29) is 23.7 Å². The summed E-state index contributed by atoms with van der Waals surface area (Å²) >= 11 is 6.31. The molecule has 0 radical (unpaired) electrons. The van der Waals surface area contributed by atoms with Gasteiger partial charge >= 0.3 is 0 Å². The van der Waals surface area contributed by atoms with Gasteiger partial charge in [0.25, 0.3) is 11.8 Å². The number of hydrogen-bond donors (Lipinski definition) is 2. The average molecular weight is 599 g/mol. The zero-order valence-electron chi connectivity index (χ0n) is 23.0. The van der Waals surface area contributed by atoms with E-state index in [4.69, 9.17) is 16.3 Å². The number of hydroxylamine groups is 2. The predicted octanol–water partition coefficient (Wildman–Crippen LogP) is 4.61. The van der Waals surface area contributed by atoms with E-state index < -0.39 is 58.6 Å². The van der Waals surface area contributed by atoms with Crippen molar-refractivity contribution in [1.82, 2.24) is 5.06 Å². The number of rotatable bonds is 4. The minimum atomic E-state index is -1.47. The number of carbonyl (C=O) groups excluding carboxylic acids is 4.